The maximum absolute atomic E-state index is 11.9. The Kier molecular flexibility index (Phi) is 7.95. The minimum atomic E-state index is -0.791. The van der Waals surface area contributed by atoms with Crippen LogP contribution in [0.4, 0.5) is 0 Å². The Balaban J connectivity index is 4.41. The summed E-state index contributed by atoms with van der Waals surface area (Å²) in [5.41, 5.74) is 0. The van der Waals surface area contributed by atoms with Crippen LogP contribution in [0.5, 0.6) is 0 Å². The van der Waals surface area contributed by atoms with Crippen molar-refractivity contribution < 1.29 is 23.9 Å². The fourth-order valence-electron chi connectivity index (χ4n) is 1.31. The van der Waals surface area contributed by atoms with E-state index in [1.165, 1.54) is 14.0 Å². The van der Waals surface area contributed by atoms with E-state index in [-0.39, 0.29) is 24.9 Å². The SMILES string of the molecule is COC(=O)CNC(=O)[C@@H](NC(=O)CNC(C)=O)C(C)C. The van der Waals surface area contributed by atoms with Crippen LogP contribution in [0.1, 0.15) is 20.8 Å². The Bertz CT molecular complexity index is 381. The molecule has 0 radical (unpaired) electrons. The summed E-state index contributed by atoms with van der Waals surface area (Å²) in [4.78, 5) is 45.0. The summed E-state index contributed by atoms with van der Waals surface area (Å²) < 4.78 is 4.40. The number of esters is 1. The number of carbonyl (C=O) groups excluding carboxylic acids is 4. The summed E-state index contributed by atoms with van der Waals surface area (Å²) >= 11 is 0. The predicted octanol–water partition coefficient (Wildman–Crippen LogP) is -1.45. The maximum atomic E-state index is 11.9. The molecule has 0 bridgehead atoms. The molecule has 114 valence electrons. The fourth-order valence-corrected chi connectivity index (χ4v) is 1.31. The van der Waals surface area contributed by atoms with Gasteiger partial charge in [-0.15, -0.1) is 0 Å². The molecule has 0 aliphatic heterocycles. The van der Waals surface area contributed by atoms with Crippen LogP contribution in [-0.2, 0) is 23.9 Å². The molecule has 0 spiro atoms. The van der Waals surface area contributed by atoms with Gasteiger partial charge in [-0.05, 0) is 5.92 Å². The number of hydrogen-bond acceptors (Lipinski definition) is 5. The van der Waals surface area contributed by atoms with E-state index in [0.29, 0.717) is 0 Å². The van der Waals surface area contributed by atoms with E-state index in [0.717, 1.165) is 0 Å². The first-order chi connectivity index (χ1) is 9.27. The summed E-state index contributed by atoms with van der Waals surface area (Å²) in [6, 6.07) is -0.791. The quantitative estimate of drug-likeness (QED) is 0.496. The lowest BCUT2D eigenvalue weighted by Gasteiger charge is -2.21. The monoisotopic (exact) mass is 287 g/mol. The second-order valence-electron chi connectivity index (χ2n) is 4.49. The third-order valence-electron chi connectivity index (χ3n) is 2.40. The normalized spacial score (nSPS) is 11.4. The van der Waals surface area contributed by atoms with Gasteiger partial charge in [0.25, 0.3) is 0 Å². The minimum Gasteiger partial charge on any atom is -0.468 e. The number of methoxy groups -OCH3 is 1. The van der Waals surface area contributed by atoms with Gasteiger partial charge in [-0.25, -0.2) is 0 Å². The third kappa shape index (κ3) is 7.34. The van der Waals surface area contributed by atoms with Crippen LogP contribution in [0.2, 0.25) is 0 Å². The predicted molar refractivity (Wildman–Crippen MR) is 70.5 cm³/mol. The zero-order valence-electron chi connectivity index (χ0n) is 12.1. The Morgan fingerprint density at radius 1 is 1.05 bits per heavy atom. The molecule has 0 heterocycles. The van der Waals surface area contributed by atoms with Crippen molar-refractivity contribution in [2.75, 3.05) is 20.2 Å². The van der Waals surface area contributed by atoms with Gasteiger partial charge < -0.3 is 20.7 Å². The van der Waals surface area contributed by atoms with Crippen molar-refractivity contribution in [2.45, 2.75) is 26.8 Å². The van der Waals surface area contributed by atoms with E-state index in [1.807, 2.05) is 0 Å². The van der Waals surface area contributed by atoms with Crippen molar-refractivity contribution in [3.63, 3.8) is 0 Å². The number of ether oxygens (including phenoxy) is 1. The van der Waals surface area contributed by atoms with E-state index in [9.17, 15) is 19.2 Å². The zero-order chi connectivity index (χ0) is 15.7. The zero-order valence-corrected chi connectivity index (χ0v) is 12.1. The molecular weight excluding hydrogens is 266 g/mol. The molecule has 0 rings (SSSR count). The second-order valence-corrected chi connectivity index (χ2v) is 4.49. The molecule has 1 atom stereocenters. The van der Waals surface area contributed by atoms with Gasteiger partial charge in [0.1, 0.15) is 12.6 Å². The lowest BCUT2D eigenvalue weighted by atomic mass is 10.0. The van der Waals surface area contributed by atoms with Crippen LogP contribution in [0.15, 0.2) is 0 Å². The molecular formula is C12H21N3O5. The van der Waals surface area contributed by atoms with Gasteiger partial charge in [0.05, 0.1) is 13.7 Å². The lowest BCUT2D eigenvalue weighted by Crippen LogP contribution is -2.52. The first kappa shape index (κ1) is 17.9. The molecule has 0 aromatic carbocycles. The largest absolute Gasteiger partial charge is 0.468 e. The molecule has 0 unspecified atom stereocenters. The van der Waals surface area contributed by atoms with Crippen molar-refractivity contribution in [3.8, 4) is 0 Å². The van der Waals surface area contributed by atoms with E-state index >= 15 is 0 Å². The average Bonchev–Trinajstić information content (AvgIpc) is 2.38. The number of rotatable bonds is 7. The minimum absolute atomic E-state index is 0.172. The number of hydrogen-bond donors (Lipinski definition) is 3. The molecule has 0 saturated heterocycles. The smallest absolute Gasteiger partial charge is 0.325 e. The number of nitrogens with one attached hydrogen (secondary N) is 3. The van der Waals surface area contributed by atoms with Crippen LogP contribution in [0, 0.1) is 5.92 Å². The molecule has 8 heteroatoms. The van der Waals surface area contributed by atoms with Crippen LogP contribution in [0.25, 0.3) is 0 Å². The highest BCUT2D eigenvalue weighted by molar-refractivity contribution is 5.91. The molecule has 0 aliphatic rings. The molecule has 3 N–H and O–H groups in total. The standard InChI is InChI=1S/C12H21N3O5/c1-7(2)11(12(19)14-6-10(18)20-4)15-9(17)5-13-8(3)16/h7,11H,5-6H2,1-4H3,(H,13,16)(H,14,19)(H,15,17)/t11-/m0/s1. The first-order valence-electron chi connectivity index (χ1n) is 6.16. The Morgan fingerprint density at radius 3 is 2.10 bits per heavy atom. The maximum Gasteiger partial charge on any atom is 0.325 e. The van der Waals surface area contributed by atoms with E-state index in [4.69, 9.17) is 0 Å². The van der Waals surface area contributed by atoms with Crippen LogP contribution in [-0.4, -0.2) is 49.9 Å². The Hall–Kier alpha value is -2.12. The third-order valence-corrected chi connectivity index (χ3v) is 2.40. The van der Waals surface area contributed by atoms with Crippen molar-refractivity contribution >= 4 is 23.7 Å². The Morgan fingerprint density at radius 2 is 1.65 bits per heavy atom. The highest BCUT2D eigenvalue weighted by atomic mass is 16.5. The first-order valence-corrected chi connectivity index (χ1v) is 6.16. The summed E-state index contributed by atoms with van der Waals surface area (Å²) in [6.07, 6.45) is 0. The van der Waals surface area contributed by atoms with Gasteiger partial charge >= 0.3 is 5.97 Å². The second kappa shape index (κ2) is 8.89. The van der Waals surface area contributed by atoms with Crippen molar-refractivity contribution in [1.29, 1.82) is 0 Å². The molecule has 0 aliphatic carbocycles. The van der Waals surface area contributed by atoms with E-state index < -0.39 is 23.8 Å². The van der Waals surface area contributed by atoms with Crippen LogP contribution >= 0.6 is 0 Å². The number of amides is 3. The summed E-state index contributed by atoms with van der Waals surface area (Å²) in [6.45, 7) is 4.32. The van der Waals surface area contributed by atoms with Gasteiger partial charge in [-0.2, -0.15) is 0 Å². The lowest BCUT2D eigenvalue weighted by molar-refractivity contribution is -0.141. The highest BCUT2D eigenvalue weighted by Gasteiger charge is 2.24. The highest BCUT2D eigenvalue weighted by Crippen LogP contribution is 2.01. The number of carbonyl (C=O) groups is 4. The molecule has 3 amide bonds. The van der Waals surface area contributed by atoms with E-state index in [2.05, 4.69) is 20.7 Å². The topological polar surface area (TPSA) is 114 Å². The summed E-state index contributed by atoms with van der Waals surface area (Å²) in [7, 11) is 1.21. The van der Waals surface area contributed by atoms with Gasteiger partial charge in [0.15, 0.2) is 0 Å². The van der Waals surface area contributed by atoms with Crippen molar-refractivity contribution in [2.24, 2.45) is 5.92 Å². The molecule has 0 saturated carbocycles. The van der Waals surface area contributed by atoms with Gasteiger partial charge in [0, 0.05) is 6.92 Å². The molecule has 20 heavy (non-hydrogen) atoms. The van der Waals surface area contributed by atoms with Crippen LogP contribution in [0.3, 0.4) is 0 Å². The van der Waals surface area contributed by atoms with Crippen LogP contribution < -0.4 is 16.0 Å². The molecule has 8 nitrogen and oxygen atoms in total. The molecule has 0 fully saturated rings. The van der Waals surface area contributed by atoms with Crippen molar-refractivity contribution in [3.05, 3.63) is 0 Å². The van der Waals surface area contributed by atoms with Gasteiger partial charge in [-0.1, -0.05) is 13.8 Å². The molecule has 0 aromatic rings. The molecule has 0 aromatic heterocycles. The van der Waals surface area contributed by atoms with Crippen molar-refractivity contribution in [1.82, 2.24) is 16.0 Å². The van der Waals surface area contributed by atoms with Gasteiger partial charge in [0.2, 0.25) is 17.7 Å². The summed E-state index contributed by atoms with van der Waals surface area (Å²) in [5.74, 6) is -2.05. The fraction of sp³-hybridized carbons (Fsp3) is 0.667. The summed E-state index contributed by atoms with van der Waals surface area (Å²) in [5, 5.41) is 7.20. The van der Waals surface area contributed by atoms with E-state index in [1.54, 1.807) is 13.8 Å². The van der Waals surface area contributed by atoms with Gasteiger partial charge in [-0.3, -0.25) is 19.2 Å². The average molecular weight is 287 g/mol. The Labute approximate surface area is 117 Å².